The Morgan fingerprint density at radius 3 is 3.05 bits per heavy atom. The van der Waals surface area contributed by atoms with Crippen molar-refractivity contribution in [3.8, 4) is 0 Å². The lowest BCUT2D eigenvalue weighted by atomic mass is 10.1. The Morgan fingerprint density at radius 2 is 2.37 bits per heavy atom. The van der Waals surface area contributed by atoms with Crippen molar-refractivity contribution < 1.29 is 14.3 Å². The molecule has 0 bridgehead atoms. The van der Waals surface area contributed by atoms with E-state index in [1.54, 1.807) is 7.11 Å². The normalized spacial score (nSPS) is 19.1. The number of likely N-dealkylation sites (tertiary alicyclic amines) is 1. The van der Waals surface area contributed by atoms with Gasteiger partial charge in [-0.05, 0) is 30.4 Å². The molecular weight excluding hydrogens is 262 g/mol. The predicted molar refractivity (Wildman–Crippen MR) is 75.8 cm³/mol. The van der Waals surface area contributed by atoms with E-state index in [1.807, 2.05) is 23.3 Å². The first-order valence-corrected chi connectivity index (χ1v) is 7.50. The SMILES string of the molecule is COCCOCC1CCN(C(=O)c2sccc2C)C1. The molecule has 4 nitrogen and oxygen atoms in total. The minimum Gasteiger partial charge on any atom is -0.382 e. The number of rotatable bonds is 6. The number of hydrogen-bond acceptors (Lipinski definition) is 4. The van der Waals surface area contributed by atoms with Crippen molar-refractivity contribution in [3.05, 3.63) is 21.9 Å². The van der Waals surface area contributed by atoms with Crippen LogP contribution in [0.5, 0.6) is 0 Å². The maximum absolute atomic E-state index is 12.3. The van der Waals surface area contributed by atoms with Crippen LogP contribution in [0, 0.1) is 12.8 Å². The van der Waals surface area contributed by atoms with E-state index >= 15 is 0 Å². The molecule has 1 aliphatic rings. The molecule has 1 fully saturated rings. The fourth-order valence-corrected chi connectivity index (χ4v) is 3.17. The fourth-order valence-electron chi connectivity index (χ4n) is 2.28. The van der Waals surface area contributed by atoms with E-state index in [-0.39, 0.29) is 5.91 Å². The van der Waals surface area contributed by atoms with Crippen molar-refractivity contribution in [2.24, 2.45) is 5.92 Å². The van der Waals surface area contributed by atoms with Gasteiger partial charge in [0, 0.05) is 26.1 Å². The van der Waals surface area contributed by atoms with E-state index < -0.39 is 0 Å². The summed E-state index contributed by atoms with van der Waals surface area (Å²) in [4.78, 5) is 15.1. The minimum absolute atomic E-state index is 0.173. The van der Waals surface area contributed by atoms with Gasteiger partial charge in [0.1, 0.15) is 0 Å². The average molecular weight is 283 g/mol. The van der Waals surface area contributed by atoms with Gasteiger partial charge < -0.3 is 14.4 Å². The monoisotopic (exact) mass is 283 g/mol. The van der Waals surface area contributed by atoms with Gasteiger partial charge >= 0.3 is 0 Å². The molecule has 0 spiro atoms. The van der Waals surface area contributed by atoms with Crippen LogP contribution in [-0.4, -0.2) is 50.8 Å². The molecule has 0 saturated carbocycles. The van der Waals surface area contributed by atoms with Crippen molar-refractivity contribution in [1.29, 1.82) is 0 Å². The molecule has 0 aromatic carbocycles. The number of carbonyl (C=O) groups excluding carboxylic acids is 1. The van der Waals surface area contributed by atoms with Crippen molar-refractivity contribution in [3.63, 3.8) is 0 Å². The molecule has 19 heavy (non-hydrogen) atoms. The molecule has 106 valence electrons. The average Bonchev–Trinajstić information content (AvgIpc) is 3.03. The van der Waals surface area contributed by atoms with E-state index in [2.05, 4.69) is 0 Å². The summed E-state index contributed by atoms with van der Waals surface area (Å²) in [5.74, 6) is 0.632. The molecule has 0 aliphatic carbocycles. The molecule has 1 aromatic rings. The highest BCUT2D eigenvalue weighted by molar-refractivity contribution is 7.12. The number of thiophene rings is 1. The standard InChI is InChI=1S/C14H21NO3S/c1-11-4-8-19-13(11)14(16)15-5-3-12(9-15)10-18-7-6-17-2/h4,8,12H,3,5-7,9-10H2,1-2H3. The minimum atomic E-state index is 0.173. The lowest BCUT2D eigenvalue weighted by Gasteiger charge is -2.16. The van der Waals surface area contributed by atoms with Gasteiger partial charge in [0.2, 0.25) is 0 Å². The van der Waals surface area contributed by atoms with Crippen LogP contribution >= 0.6 is 11.3 Å². The van der Waals surface area contributed by atoms with Crippen LogP contribution in [0.2, 0.25) is 0 Å². The Kier molecular flexibility index (Phi) is 5.36. The molecule has 1 aromatic heterocycles. The molecule has 1 unspecified atom stereocenters. The number of ether oxygens (including phenoxy) is 2. The zero-order chi connectivity index (χ0) is 13.7. The van der Waals surface area contributed by atoms with Gasteiger partial charge in [-0.2, -0.15) is 0 Å². The third-order valence-corrected chi connectivity index (χ3v) is 4.42. The Balaban J connectivity index is 1.78. The molecule has 1 aliphatic heterocycles. The third-order valence-electron chi connectivity index (χ3n) is 3.41. The van der Waals surface area contributed by atoms with Gasteiger partial charge in [0.15, 0.2) is 0 Å². The second kappa shape index (κ2) is 7.03. The highest BCUT2D eigenvalue weighted by Crippen LogP contribution is 2.23. The van der Waals surface area contributed by atoms with Crippen LogP contribution in [-0.2, 0) is 9.47 Å². The topological polar surface area (TPSA) is 38.8 Å². The van der Waals surface area contributed by atoms with Crippen molar-refractivity contribution in [1.82, 2.24) is 4.90 Å². The Morgan fingerprint density at radius 1 is 1.53 bits per heavy atom. The highest BCUT2D eigenvalue weighted by Gasteiger charge is 2.28. The van der Waals surface area contributed by atoms with Crippen molar-refractivity contribution in [2.75, 3.05) is 40.0 Å². The van der Waals surface area contributed by atoms with Gasteiger partial charge in [0.05, 0.1) is 24.7 Å². The third kappa shape index (κ3) is 3.78. The van der Waals surface area contributed by atoms with E-state index in [1.165, 1.54) is 11.3 Å². The maximum Gasteiger partial charge on any atom is 0.264 e. The zero-order valence-corrected chi connectivity index (χ0v) is 12.4. The van der Waals surface area contributed by atoms with Gasteiger partial charge in [0.25, 0.3) is 5.91 Å². The molecule has 5 heteroatoms. The first kappa shape index (κ1) is 14.5. The van der Waals surface area contributed by atoms with Crippen molar-refractivity contribution >= 4 is 17.2 Å². The van der Waals surface area contributed by atoms with Crippen LogP contribution in [0.4, 0.5) is 0 Å². The number of methoxy groups -OCH3 is 1. The zero-order valence-electron chi connectivity index (χ0n) is 11.6. The molecule has 1 saturated heterocycles. The van der Waals surface area contributed by atoms with Crippen LogP contribution in [0.1, 0.15) is 21.7 Å². The van der Waals surface area contributed by atoms with Gasteiger partial charge in [-0.3, -0.25) is 4.79 Å². The highest BCUT2D eigenvalue weighted by atomic mass is 32.1. The summed E-state index contributed by atoms with van der Waals surface area (Å²) in [5, 5.41) is 1.98. The fraction of sp³-hybridized carbons (Fsp3) is 0.643. The molecule has 2 rings (SSSR count). The van der Waals surface area contributed by atoms with Crippen molar-refractivity contribution in [2.45, 2.75) is 13.3 Å². The predicted octanol–water partition coefficient (Wildman–Crippen LogP) is 2.18. The van der Waals surface area contributed by atoms with E-state index in [0.29, 0.717) is 19.1 Å². The second-order valence-electron chi connectivity index (χ2n) is 4.91. The van der Waals surface area contributed by atoms with Crippen LogP contribution < -0.4 is 0 Å². The Bertz CT molecular complexity index is 419. The van der Waals surface area contributed by atoms with Gasteiger partial charge in [-0.15, -0.1) is 11.3 Å². The number of carbonyl (C=O) groups is 1. The second-order valence-corrected chi connectivity index (χ2v) is 5.82. The summed E-state index contributed by atoms with van der Waals surface area (Å²) in [7, 11) is 1.67. The molecule has 0 radical (unpaired) electrons. The van der Waals surface area contributed by atoms with Gasteiger partial charge in [-0.1, -0.05) is 0 Å². The Hall–Kier alpha value is -0.910. The first-order chi connectivity index (χ1) is 9.22. The molecule has 1 atom stereocenters. The summed E-state index contributed by atoms with van der Waals surface area (Å²) < 4.78 is 10.5. The smallest absolute Gasteiger partial charge is 0.264 e. The van der Waals surface area contributed by atoms with E-state index in [9.17, 15) is 4.79 Å². The molecule has 1 amide bonds. The maximum atomic E-state index is 12.3. The largest absolute Gasteiger partial charge is 0.382 e. The summed E-state index contributed by atoms with van der Waals surface area (Å²) >= 11 is 1.53. The lowest BCUT2D eigenvalue weighted by Crippen LogP contribution is -2.29. The van der Waals surface area contributed by atoms with E-state index in [4.69, 9.17) is 9.47 Å². The number of aryl methyl sites for hydroxylation is 1. The van der Waals surface area contributed by atoms with Crippen LogP contribution in [0.3, 0.4) is 0 Å². The van der Waals surface area contributed by atoms with Crippen LogP contribution in [0.15, 0.2) is 11.4 Å². The summed E-state index contributed by atoms with van der Waals surface area (Å²) in [5.41, 5.74) is 1.08. The van der Waals surface area contributed by atoms with E-state index in [0.717, 1.165) is 36.6 Å². The molecular formula is C14H21NO3S. The molecule has 2 heterocycles. The quantitative estimate of drug-likeness (QED) is 0.751. The van der Waals surface area contributed by atoms with Gasteiger partial charge in [-0.25, -0.2) is 0 Å². The molecule has 0 N–H and O–H groups in total. The number of hydrogen-bond donors (Lipinski definition) is 0. The summed E-state index contributed by atoms with van der Waals surface area (Å²) in [6, 6.07) is 2.00. The first-order valence-electron chi connectivity index (χ1n) is 6.62. The number of amides is 1. The number of nitrogens with zero attached hydrogens (tertiary/aromatic N) is 1. The Labute approximate surface area is 118 Å². The van der Waals surface area contributed by atoms with Crippen LogP contribution in [0.25, 0.3) is 0 Å². The lowest BCUT2D eigenvalue weighted by molar-refractivity contribution is 0.0516. The summed E-state index contributed by atoms with van der Waals surface area (Å²) in [6.07, 6.45) is 1.03. The summed E-state index contributed by atoms with van der Waals surface area (Å²) in [6.45, 7) is 5.62.